The Morgan fingerprint density at radius 2 is 2.00 bits per heavy atom. The number of carbonyl (C=O) groups is 1. The molecule has 1 fully saturated rings. The number of hydrogen-bond acceptors (Lipinski definition) is 5. The van der Waals surface area contributed by atoms with E-state index in [0.29, 0.717) is 36.7 Å². The molecule has 0 aliphatic heterocycles. The van der Waals surface area contributed by atoms with Gasteiger partial charge in [0.15, 0.2) is 11.5 Å². The fraction of sp³-hybridized carbons (Fsp3) is 0.571. The first-order chi connectivity index (χ1) is 9.24. The molecule has 104 valence electrons. The van der Waals surface area contributed by atoms with E-state index in [9.17, 15) is 4.79 Å². The lowest BCUT2D eigenvalue weighted by atomic mass is 9.96. The SMILES string of the molecule is COc1ccnc(COC2CCC(=O)CC2)c1OC. The molecule has 1 aliphatic carbocycles. The predicted molar refractivity (Wildman–Crippen MR) is 69.4 cm³/mol. The number of ether oxygens (including phenoxy) is 3. The first kappa shape index (κ1) is 13.8. The second-order valence-corrected chi connectivity index (χ2v) is 4.54. The van der Waals surface area contributed by atoms with Crippen LogP contribution in [-0.4, -0.2) is 31.1 Å². The topological polar surface area (TPSA) is 57.7 Å². The molecule has 1 aromatic heterocycles. The van der Waals surface area contributed by atoms with E-state index in [1.165, 1.54) is 0 Å². The molecule has 2 rings (SSSR count). The lowest BCUT2D eigenvalue weighted by Crippen LogP contribution is -2.21. The van der Waals surface area contributed by atoms with E-state index < -0.39 is 0 Å². The standard InChI is InChI=1S/C14H19NO4/c1-17-13-7-8-15-12(14(13)18-2)9-19-11-5-3-10(16)4-6-11/h7-8,11H,3-6,9H2,1-2H3. The highest BCUT2D eigenvalue weighted by Gasteiger charge is 2.20. The minimum atomic E-state index is 0.135. The summed E-state index contributed by atoms with van der Waals surface area (Å²) >= 11 is 0. The summed E-state index contributed by atoms with van der Waals surface area (Å²) in [6.45, 7) is 0.374. The minimum Gasteiger partial charge on any atom is -0.493 e. The Labute approximate surface area is 112 Å². The molecule has 0 aromatic carbocycles. The van der Waals surface area contributed by atoms with Crippen LogP contribution in [0.1, 0.15) is 31.4 Å². The van der Waals surface area contributed by atoms with E-state index in [1.807, 2.05) is 0 Å². The van der Waals surface area contributed by atoms with Crippen molar-refractivity contribution in [2.24, 2.45) is 0 Å². The van der Waals surface area contributed by atoms with Crippen LogP contribution in [0.15, 0.2) is 12.3 Å². The van der Waals surface area contributed by atoms with Crippen molar-refractivity contribution in [3.63, 3.8) is 0 Å². The molecule has 1 heterocycles. The smallest absolute Gasteiger partial charge is 0.184 e. The van der Waals surface area contributed by atoms with Crippen LogP contribution in [-0.2, 0) is 16.1 Å². The number of rotatable bonds is 5. The Hall–Kier alpha value is -1.62. The third-order valence-corrected chi connectivity index (χ3v) is 3.31. The van der Waals surface area contributed by atoms with Crippen LogP contribution in [0, 0.1) is 0 Å². The zero-order valence-corrected chi connectivity index (χ0v) is 11.3. The van der Waals surface area contributed by atoms with Gasteiger partial charge in [-0.3, -0.25) is 9.78 Å². The lowest BCUT2D eigenvalue weighted by Gasteiger charge is -2.21. The number of Topliss-reactive ketones (excluding diaryl/α,β-unsaturated/α-hetero) is 1. The summed E-state index contributed by atoms with van der Waals surface area (Å²) in [5, 5.41) is 0. The van der Waals surface area contributed by atoms with Crippen molar-refractivity contribution in [3.05, 3.63) is 18.0 Å². The molecule has 0 saturated heterocycles. The Kier molecular flexibility index (Phi) is 4.74. The second-order valence-electron chi connectivity index (χ2n) is 4.54. The molecule has 5 heteroatoms. The molecule has 0 unspecified atom stereocenters. The number of aromatic nitrogens is 1. The van der Waals surface area contributed by atoms with Crippen molar-refractivity contribution in [2.75, 3.05) is 14.2 Å². The molecular formula is C14H19NO4. The molecule has 0 amide bonds. The third-order valence-electron chi connectivity index (χ3n) is 3.31. The van der Waals surface area contributed by atoms with Crippen molar-refractivity contribution < 1.29 is 19.0 Å². The van der Waals surface area contributed by atoms with Gasteiger partial charge in [-0.1, -0.05) is 0 Å². The van der Waals surface area contributed by atoms with E-state index in [2.05, 4.69) is 4.98 Å². The highest BCUT2D eigenvalue weighted by molar-refractivity contribution is 5.79. The van der Waals surface area contributed by atoms with Gasteiger partial charge in [0.1, 0.15) is 11.5 Å². The average molecular weight is 265 g/mol. The van der Waals surface area contributed by atoms with E-state index >= 15 is 0 Å². The van der Waals surface area contributed by atoms with E-state index in [1.54, 1.807) is 26.5 Å². The normalized spacial score (nSPS) is 16.4. The Morgan fingerprint density at radius 1 is 1.26 bits per heavy atom. The number of pyridine rings is 1. The summed E-state index contributed by atoms with van der Waals surface area (Å²) in [7, 11) is 3.18. The molecule has 0 bridgehead atoms. The number of hydrogen-bond donors (Lipinski definition) is 0. The van der Waals surface area contributed by atoms with Gasteiger partial charge in [0.25, 0.3) is 0 Å². The van der Waals surface area contributed by atoms with Crippen LogP contribution in [0.2, 0.25) is 0 Å². The quantitative estimate of drug-likeness (QED) is 0.816. The third kappa shape index (κ3) is 3.44. The van der Waals surface area contributed by atoms with Crippen LogP contribution < -0.4 is 9.47 Å². The van der Waals surface area contributed by atoms with Gasteiger partial charge in [-0.05, 0) is 12.8 Å². The first-order valence-corrected chi connectivity index (χ1v) is 6.43. The maximum Gasteiger partial charge on any atom is 0.184 e. The van der Waals surface area contributed by atoms with Crippen LogP contribution in [0.4, 0.5) is 0 Å². The zero-order chi connectivity index (χ0) is 13.7. The summed E-state index contributed by atoms with van der Waals surface area (Å²) in [6.07, 6.45) is 4.64. The fourth-order valence-electron chi connectivity index (χ4n) is 2.23. The molecule has 0 N–H and O–H groups in total. The van der Waals surface area contributed by atoms with Crippen molar-refractivity contribution in [1.82, 2.24) is 4.98 Å². The fourth-order valence-corrected chi connectivity index (χ4v) is 2.23. The molecule has 0 atom stereocenters. The van der Waals surface area contributed by atoms with E-state index in [0.717, 1.165) is 18.5 Å². The minimum absolute atomic E-state index is 0.135. The van der Waals surface area contributed by atoms with Crippen LogP contribution in [0.3, 0.4) is 0 Å². The van der Waals surface area contributed by atoms with Crippen LogP contribution >= 0.6 is 0 Å². The Bertz CT molecular complexity index is 437. The molecule has 1 saturated carbocycles. The molecule has 1 aliphatic rings. The van der Waals surface area contributed by atoms with Gasteiger partial charge in [-0.25, -0.2) is 0 Å². The van der Waals surface area contributed by atoms with Crippen molar-refractivity contribution in [3.8, 4) is 11.5 Å². The number of nitrogens with zero attached hydrogens (tertiary/aromatic N) is 1. The largest absolute Gasteiger partial charge is 0.493 e. The van der Waals surface area contributed by atoms with Gasteiger partial charge in [0.05, 0.1) is 26.9 Å². The van der Waals surface area contributed by atoms with Gasteiger partial charge >= 0.3 is 0 Å². The summed E-state index contributed by atoms with van der Waals surface area (Å²) in [5.74, 6) is 1.59. The molecular weight excluding hydrogens is 246 g/mol. The molecule has 19 heavy (non-hydrogen) atoms. The number of ketones is 1. The van der Waals surface area contributed by atoms with Crippen molar-refractivity contribution in [2.45, 2.75) is 38.4 Å². The van der Waals surface area contributed by atoms with Crippen molar-refractivity contribution in [1.29, 1.82) is 0 Å². The van der Waals surface area contributed by atoms with Gasteiger partial charge in [0.2, 0.25) is 0 Å². The summed E-state index contributed by atoms with van der Waals surface area (Å²) < 4.78 is 16.3. The number of methoxy groups -OCH3 is 2. The van der Waals surface area contributed by atoms with Crippen LogP contribution in [0.25, 0.3) is 0 Å². The highest BCUT2D eigenvalue weighted by atomic mass is 16.5. The van der Waals surface area contributed by atoms with Gasteiger partial charge in [-0.15, -0.1) is 0 Å². The summed E-state index contributed by atoms with van der Waals surface area (Å²) in [5.41, 5.74) is 0.721. The molecule has 0 radical (unpaired) electrons. The molecule has 0 spiro atoms. The summed E-state index contributed by atoms with van der Waals surface area (Å²) in [6, 6.07) is 1.75. The average Bonchev–Trinajstić information content (AvgIpc) is 2.46. The van der Waals surface area contributed by atoms with Crippen molar-refractivity contribution >= 4 is 5.78 Å². The Balaban J connectivity index is 1.97. The van der Waals surface area contributed by atoms with Gasteiger partial charge in [0, 0.05) is 25.1 Å². The Morgan fingerprint density at radius 3 is 2.63 bits per heavy atom. The monoisotopic (exact) mass is 265 g/mol. The lowest BCUT2D eigenvalue weighted by molar-refractivity contribution is -0.123. The van der Waals surface area contributed by atoms with Gasteiger partial charge in [-0.2, -0.15) is 0 Å². The summed E-state index contributed by atoms with van der Waals surface area (Å²) in [4.78, 5) is 15.4. The molecule has 5 nitrogen and oxygen atoms in total. The second kappa shape index (κ2) is 6.52. The van der Waals surface area contributed by atoms with Crippen LogP contribution in [0.5, 0.6) is 11.5 Å². The van der Waals surface area contributed by atoms with E-state index in [-0.39, 0.29) is 6.10 Å². The first-order valence-electron chi connectivity index (χ1n) is 6.43. The maximum absolute atomic E-state index is 11.2. The van der Waals surface area contributed by atoms with Gasteiger partial charge < -0.3 is 14.2 Å². The number of carbonyl (C=O) groups excluding carboxylic acids is 1. The predicted octanol–water partition coefficient (Wildman–Crippen LogP) is 2.13. The molecule has 1 aromatic rings. The van der Waals surface area contributed by atoms with E-state index in [4.69, 9.17) is 14.2 Å². The maximum atomic E-state index is 11.2. The highest BCUT2D eigenvalue weighted by Crippen LogP contribution is 2.30. The zero-order valence-electron chi connectivity index (χ0n) is 11.3.